The lowest BCUT2D eigenvalue weighted by atomic mass is 10.2. The maximum atomic E-state index is 10.7. The van der Waals surface area contributed by atoms with Crippen molar-refractivity contribution in [1.29, 1.82) is 0 Å². The van der Waals surface area contributed by atoms with Gasteiger partial charge in [-0.3, -0.25) is 4.57 Å². The van der Waals surface area contributed by atoms with Gasteiger partial charge in [-0.1, -0.05) is 19.8 Å². The molecular weight excluding hydrogens is 165 g/mol. The summed E-state index contributed by atoms with van der Waals surface area (Å²) in [4.78, 5) is 17.5. The molecule has 0 fully saturated rings. The minimum atomic E-state index is -3.92. The zero-order valence-electron chi connectivity index (χ0n) is 6.95. The van der Waals surface area contributed by atoms with Crippen molar-refractivity contribution in [2.24, 2.45) is 0 Å². The first kappa shape index (κ1) is 11.1. The molecule has 0 amide bonds. The van der Waals surface area contributed by atoms with Gasteiger partial charge in [-0.25, -0.2) is 0 Å². The molecule has 0 saturated heterocycles. The molecule has 0 bridgehead atoms. The first-order chi connectivity index (χ1) is 5.02. The number of unbranched alkanes of at least 4 members (excludes halogenated alkanes) is 1. The monoisotopic (exact) mass is 181 g/mol. The maximum Gasteiger partial charge on any atom is 0.342 e. The number of rotatable bonds is 5. The Kier molecular flexibility index (Phi) is 4.93. The van der Waals surface area contributed by atoms with E-state index in [0.29, 0.717) is 6.42 Å². The molecule has 0 rings (SSSR count). The molecule has 0 radical (unpaired) electrons. The fourth-order valence-corrected chi connectivity index (χ4v) is 1.73. The van der Waals surface area contributed by atoms with Gasteiger partial charge in [-0.05, 0) is 13.5 Å². The zero-order chi connectivity index (χ0) is 8.91. The molecule has 0 aliphatic heterocycles. The average Bonchev–Trinajstić information content (AvgIpc) is 1.87. The molecule has 0 saturated carbocycles. The van der Waals surface area contributed by atoms with Crippen molar-refractivity contribution in [3.8, 4) is 0 Å². The highest BCUT2D eigenvalue weighted by atomic mass is 31.2. The third-order valence-electron chi connectivity index (χ3n) is 1.57. The second kappa shape index (κ2) is 4.88. The Balaban J connectivity index is 3.86. The first-order valence-corrected chi connectivity index (χ1v) is 5.43. The summed E-state index contributed by atoms with van der Waals surface area (Å²) in [5.74, 6) is -0.664. The van der Waals surface area contributed by atoms with Gasteiger partial charge >= 0.3 is 7.60 Å². The van der Waals surface area contributed by atoms with Crippen molar-refractivity contribution in [3.05, 3.63) is 0 Å². The standard InChI is InChI=1S/C6H16NO3P/c1-3-4-5-6(7-2)11(8,9)10/h6-7H,3-5H2,1-2H3,(H2,8,9,10). The van der Waals surface area contributed by atoms with Crippen LogP contribution in [0.3, 0.4) is 0 Å². The summed E-state index contributed by atoms with van der Waals surface area (Å²) in [6.07, 6.45) is 2.34. The summed E-state index contributed by atoms with van der Waals surface area (Å²) < 4.78 is 10.7. The van der Waals surface area contributed by atoms with E-state index in [-0.39, 0.29) is 0 Å². The van der Waals surface area contributed by atoms with E-state index in [1.54, 1.807) is 7.05 Å². The average molecular weight is 181 g/mol. The van der Waals surface area contributed by atoms with E-state index >= 15 is 0 Å². The van der Waals surface area contributed by atoms with Crippen LogP contribution in [-0.4, -0.2) is 22.6 Å². The number of hydrogen-bond acceptors (Lipinski definition) is 2. The summed E-state index contributed by atoms with van der Waals surface area (Å²) in [7, 11) is -2.35. The molecule has 11 heavy (non-hydrogen) atoms. The van der Waals surface area contributed by atoms with Gasteiger partial charge in [0.1, 0.15) is 5.78 Å². The predicted molar refractivity (Wildman–Crippen MR) is 44.4 cm³/mol. The van der Waals surface area contributed by atoms with Gasteiger partial charge in [0.2, 0.25) is 0 Å². The van der Waals surface area contributed by atoms with E-state index in [9.17, 15) is 4.57 Å². The van der Waals surface area contributed by atoms with Gasteiger partial charge < -0.3 is 15.1 Å². The SMILES string of the molecule is CCCCC(NC)P(=O)(O)O. The van der Waals surface area contributed by atoms with E-state index in [1.165, 1.54) is 0 Å². The molecule has 0 spiro atoms. The van der Waals surface area contributed by atoms with Crippen molar-refractivity contribution in [2.45, 2.75) is 32.0 Å². The van der Waals surface area contributed by atoms with Crippen LogP contribution in [0.2, 0.25) is 0 Å². The maximum absolute atomic E-state index is 10.7. The van der Waals surface area contributed by atoms with Crippen molar-refractivity contribution >= 4 is 7.60 Å². The van der Waals surface area contributed by atoms with Gasteiger partial charge in [0.25, 0.3) is 0 Å². The van der Waals surface area contributed by atoms with Gasteiger partial charge in [0.15, 0.2) is 0 Å². The summed E-state index contributed by atoms with van der Waals surface area (Å²) in [5, 5.41) is 2.61. The van der Waals surface area contributed by atoms with Crippen LogP contribution >= 0.6 is 7.60 Å². The Labute approximate surface area is 67.2 Å². The predicted octanol–water partition coefficient (Wildman–Crippen LogP) is 0.900. The Bertz CT molecular complexity index is 145. The summed E-state index contributed by atoms with van der Waals surface area (Å²) in [6.45, 7) is 1.99. The topological polar surface area (TPSA) is 69.6 Å². The number of hydrogen-bond donors (Lipinski definition) is 3. The van der Waals surface area contributed by atoms with Crippen LogP contribution in [0.15, 0.2) is 0 Å². The van der Waals surface area contributed by atoms with E-state index in [1.807, 2.05) is 6.92 Å². The molecule has 1 atom stereocenters. The molecule has 0 aliphatic carbocycles. The molecule has 0 aromatic carbocycles. The fraction of sp³-hybridized carbons (Fsp3) is 1.00. The van der Waals surface area contributed by atoms with E-state index in [2.05, 4.69) is 5.32 Å². The molecule has 1 unspecified atom stereocenters. The highest BCUT2D eigenvalue weighted by molar-refractivity contribution is 7.52. The third kappa shape index (κ3) is 4.53. The largest absolute Gasteiger partial charge is 0.342 e. The highest BCUT2D eigenvalue weighted by Crippen LogP contribution is 2.41. The lowest BCUT2D eigenvalue weighted by molar-refractivity contribution is 0.344. The Morgan fingerprint density at radius 1 is 1.55 bits per heavy atom. The molecule has 0 heterocycles. The van der Waals surface area contributed by atoms with E-state index in [4.69, 9.17) is 9.79 Å². The highest BCUT2D eigenvalue weighted by Gasteiger charge is 2.25. The molecule has 68 valence electrons. The molecule has 0 aromatic rings. The molecule has 0 aromatic heterocycles. The quantitative estimate of drug-likeness (QED) is 0.551. The van der Waals surface area contributed by atoms with Crippen molar-refractivity contribution in [2.75, 3.05) is 7.05 Å². The van der Waals surface area contributed by atoms with Crippen LogP contribution < -0.4 is 5.32 Å². The molecule has 3 N–H and O–H groups in total. The zero-order valence-corrected chi connectivity index (χ0v) is 7.84. The van der Waals surface area contributed by atoms with Crippen LogP contribution in [0, 0.1) is 0 Å². The second-order valence-electron chi connectivity index (χ2n) is 2.54. The Morgan fingerprint density at radius 3 is 2.36 bits per heavy atom. The fourth-order valence-electron chi connectivity index (χ4n) is 0.878. The minimum absolute atomic E-state index is 0.539. The molecular formula is C6H16NO3P. The van der Waals surface area contributed by atoms with E-state index in [0.717, 1.165) is 12.8 Å². The molecule has 0 aliphatic rings. The van der Waals surface area contributed by atoms with Crippen LogP contribution in [0.25, 0.3) is 0 Å². The molecule has 4 nitrogen and oxygen atoms in total. The normalized spacial score (nSPS) is 14.9. The summed E-state index contributed by atoms with van der Waals surface area (Å²) in [6, 6.07) is 0. The van der Waals surface area contributed by atoms with Crippen LogP contribution in [0.5, 0.6) is 0 Å². The lowest BCUT2D eigenvalue weighted by Gasteiger charge is -2.16. The second-order valence-corrected chi connectivity index (χ2v) is 4.34. The first-order valence-electron chi connectivity index (χ1n) is 3.74. The minimum Gasteiger partial charge on any atom is -0.323 e. The van der Waals surface area contributed by atoms with Crippen LogP contribution in [-0.2, 0) is 4.57 Å². The number of nitrogens with one attached hydrogen (secondary N) is 1. The third-order valence-corrected chi connectivity index (χ3v) is 2.90. The smallest absolute Gasteiger partial charge is 0.323 e. The van der Waals surface area contributed by atoms with Gasteiger partial charge in [-0.2, -0.15) is 0 Å². The van der Waals surface area contributed by atoms with E-state index < -0.39 is 13.4 Å². The summed E-state index contributed by atoms with van der Waals surface area (Å²) in [5.41, 5.74) is 0. The van der Waals surface area contributed by atoms with Crippen molar-refractivity contribution in [1.82, 2.24) is 5.32 Å². The van der Waals surface area contributed by atoms with Gasteiger partial charge in [0, 0.05) is 0 Å². The van der Waals surface area contributed by atoms with Crippen LogP contribution in [0.1, 0.15) is 26.2 Å². The van der Waals surface area contributed by atoms with Crippen molar-refractivity contribution < 1.29 is 14.4 Å². The van der Waals surface area contributed by atoms with Gasteiger partial charge in [-0.15, -0.1) is 0 Å². The Hall–Kier alpha value is 0.110. The Morgan fingerprint density at radius 2 is 2.09 bits per heavy atom. The molecule has 5 heteroatoms. The summed E-state index contributed by atoms with van der Waals surface area (Å²) >= 11 is 0. The van der Waals surface area contributed by atoms with Crippen molar-refractivity contribution in [3.63, 3.8) is 0 Å². The van der Waals surface area contributed by atoms with Crippen LogP contribution in [0.4, 0.5) is 0 Å². The van der Waals surface area contributed by atoms with Gasteiger partial charge in [0.05, 0.1) is 0 Å². The lowest BCUT2D eigenvalue weighted by Crippen LogP contribution is -2.24.